The molecule has 3 aromatic rings. The first kappa shape index (κ1) is 23.8. The summed E-state index contributed by atoms with van der Waals surface area (Å²) < 4.78 is 43.8. The van der Waals surface area contributed by atoms with E-state index in [1.54, 1.807) is 0 Å². The zero-order valence-electron chi connectivity index (χ0n) is 18.3. The molecule has 9 heteroatoms. The van der Waals surface area contributed by atoms with Crippen molar-refractivity contribution in [3.8, 4) is 23.0 Å². The van der Waals surface area contributed by atoms with E-state index in [0.717, 1.165) is 34.4 Å². The molecule has 0 atom stereocenters. The standard InChI is InChI=1S/C26H19F3N2O4/c27-26(28,29)18-13-12-17(24(15-18)31(33)34)7-5-6-14-30-25(32)35-16-23-21-10-3-1-8-19(21)20-9-2-4-11-22(20)23/h1-4,8-13,15,23H,6,14,16H2,(H,30,32). The normalized spacial score (nSPS) is 12.2. The number of rotatable bonds is 5. The van der Waals surface area contributed by atoms with Gasteiger partial charge in [-0.25, -0.2) is 4.79 Å². The number of nitrogens with zero attached hydrogens (tertiary/aromatic N) is 1. The van der Waals surface area contributed by atoms with Crippen LogP contribution in [0.5, 0.6) is 0 Å². The highest BCUT2D eigenvalue weighted by atomic mass is 19.4. The summed E-state index contributed by atoms with van der Waals surface area (Å²) in [4.78, 5) is 22.4. The van der Waals surface area contributed by atoms with E-state index in [-0.39, 0.29) is 31.1 Å². The SMILES string of the molecule is O=C(NCCC#Cc1ccc(C(F)(F)F)cc1[N+](=O)[O-])OCC1c2ccccc2-c2ccccc21. The molecule has 0 radical (unpaired) electrons. The summed E-state index contributed by atoms with van der Waals surface area (Å²) in [5.74, 6) is 5.05. The number of nitro benzene ring substituents is 1. The lowest BCUT2D eigenvalue weighted by Gasteiger charge is -2.14. The number of alkyl carbamates (subject to hydrolysis) is 1. The maximum atomic E-state index is 12.8. The number of nitro groups is 1. The predicted octanol–water partition coefficient (Wildman–Crippen LogP) is 5.89. The fraction of sp³-hybridized carbons (Fsp3) is 0.192. The number of carbonyl (C=O) groups is 1. The summed E-state index contributed by atoms with van der Waals surface area (Å²) in [5.41, 5.74) is 2.43. The first-order chi connectivity index (χ1) is 16.8. The number of alkyl halides is 3. The van der Waals surface area contributed by atoms with E-state index in [2.05, 4.69) is 17.2 Å². The van der Waals surface area contributed by atoms with E-state index in [9.17, 15) is 28.1 Å². The second kappa shape index (κ2) is 9.89. The Hall–Kier alpha value is -4.32. The molecule has 3 aromatic carbocycles. The Morgan fingerprint density at radius 3 is 2.26 bits per heavy atom. The molecule has 0 saturated heterocycles. The van der Waals surface area contributed by atoms with Gasteiger partial charge in [0, 0.05) is 24.9 Å². The number of amides is 1. The fourth-order valence-corrected chi connectivity index (χ4v) is 4.00. The van der Waals surface area contributed by atoms with Crippen LogP contribution in [0.2, 0.25) is 0 Å². The molecule has 35 heavy (non-hydrogen) atoms. The fourth-order valence-electron chi connectivity index (χ4n) is 4.00. The molecule has 1 aliphatic rings. The Bertz CT molecular complexity index is 1300. The van der Waals surface area contributed by atoms with Crippen LogP contribution in [0, 0.1) is 22.0 Å². The van der Waals surface area contributed by atoms with Gasteiger partial charge in [0.15, 0.2) is 0 Å². The van der Waals surface area contributed by atoms with Crippen molar-refractivity contribution in [1.29, 1.82) is 0 Å². The topological polar surface area (TPSA) is 81.5 Å². The van der Waals surface area contributed by atoms with Crippen molar-refractivity contribution in [3.63, 3.8) is 0 Å². The van der Waals surface area contributed by atoms with Gasteiger partial charge in [0.2, 0.25) is 0 Å². The van der Waals surface area contributed by atoms with Gasteiger partial charge < -0.3 is 10.1 Å². The number of fused-ring (bicyclic) bond motifs is 3. The molecule has 1 aliphatic carbocycles. The Labute approximate surface area is 198 Å². The van der Waals surface area contributed by atoms with Crippen LogP contribution in [0.3, 0.4) is 0 Å². The molecule has 0 bridgehead atoms. The Morgan fingerprint density at radius 2 is 1.66 bits per heavy atom. The lowest BCUT2D eigenvalue weighted by molar-refractivity contribution is -0.385. The molecule has 0 unspecified atom stereocenters. The molecular weight excluding hydrogens is 461 g/mol. The number of ether oxygens (including phenoxy) is 1. The molecule has 4 rings (SSSR count). The molecule has 178 valence electrons. The minimum Gasteiger partial charge on any atom is -0.449 e. The number of carbonyl (C=O) groups excluding carboxylic acids is 1. The predicted molar refractivity (Wildman–Crippen MR) is 123 cm³/mol. The van der Waals surface area contributed by atoms with Gasteiger partial charge >= 0.3 is 12.3 Å². The van der Waals surface area contributed by atoms with Crippen LogP contribution in [0.1, 0.15) is 34.6 Å². The molecular formula is C26H19F3N2O4. The molecule has 0 aromatic heterocycles. The smallest absolute Gasteiger partial charge is 0.416 e. The molecule has 0 spiro atoms. The number of hydrogen-bond acceptors (Lipinski definition) is 4. The third-order valence-electron chi connectivity index (χ3n) is 5.61. The molecule has 0 heterocycles. The maximum absolute atomic E-state index is 12.8. The molecule has 0 saturated carbocycles. The third kappa shape index (κ3) is 5.27. The Morgan fingerprint density at radius 1 is 1.03 bits per heavy atom. The number of halogens is 3. The molecule has 0 aliphatic heterocycles. The van der Waals surface area contributed by atoms with Gasteiger partial charge in [-0.3, -0.25) is 10.1 Å². The maximum Gasteiger partial charge on any atom is 0.416 e. The summed E-state index contributed by atoms with van der Waals surface area (Å²) in [6.07, 6.45) is -5.19. The van der Waals surface area contributed by atoms with E-state index in [0.29, 0.717) is 6.07 Å². The van der Waals surface area contributed by atoms with Crippen LogP contribution in [-0.4, -0.2) is 24.2 Å². The van der Waals surface area contributed by atoms with E-state index >= 15 is 0 Å². The molecule has 1 amide bonds. The Kier molecular flexibility index (Phi) is 6.73. The average molecular weight is 480 g/mol. The van der Waals surface area contributed by atoms with Crippen molar-refractivity contribution in [2.45, 2.75) is 18.5 Å². The quantitative estimate of drug-likeness (QED) is 0.214. The van der Waals surface area contributed by atoms with Gasteiger partial charge in [-0.15, -0.1) is 0 Å². The van der Waals surface area contributed by atoms with Gasteiger partial charge in [0.1, 0.15) is 12.2 Å². The van der Waals surface area contributed by atoms with Gasteiger partial charge in [-0.05, 0) is 34.4 Å². The van der Waals surface area contributed by atoms with Crippen molar-refractivity contribution in [2.24, 2.45) is 0 Å². The van der Waals surface area contributed by atoms with Crippen LogP contribution in [0.4, 0.5) is 23.7 Å². The highest BCUT2D eigenvalue weighted by molar-refractivity contribution is 5.79. The van der Waals surface area contributed by atoms with E-state index in [4.69, 9.17) is 4.74 Å². The van der Waals surface area contributed by atoms with Crippen LogP contribution in [0.15, 0.2) is 66.7 Å². The van der Waals surface area contributed by atoms with Crippen molar-refractivity contribution < 1.29 is 27.6 Å². The van der Waals surface area contributed by atoms with Crippen molar-refractivity contribution in [1.82, 2.24) is 5.32 Å². The highest BCUT2D eigenvalue weighted by Crippen LogP contribution is 2.44. The molecule has 6 nitrogen and oxygen atoms in total. The van der Waals surface area contributed by atoms with Gasteiger partial charge in [-0.2, -0.15) is 13.2 Å². The zero-order valence-corrected chi connectivity index (χ0v) is 18.3. The van der Waals surface area contributed by atoms with Crippen molar-refractivity contribution in [2.75, 3.05) is 13.2 Å². The highest BCUT2D eigenvalue weighted by Gasteiger charge is 2.33. The number of hydrogen-bond donors (Lipinski definition) is 1. The summed E-state index contributed by atoms with van der Waals surface area (Å²) >= 11 is 0. The summed E-state index contributed by atoms with van der Waals surface area (Å²) in [5, 5.41) is 13.7. The number of benzene rings is 3. The first-order valence-electron chi connectivity index (χ1n) is 10.7. The van der Waals surface area contributed by atoms with Crippen LogP contribution >= 0.6 is 0 Å². The minimum atomic E-state index is -4.69. The zero-order chi connectivity index (χ0) is 25.0. The lowest BCUT2D eigenvalue weighted by atomic mass is 9.98. The van der Waals surface area contributed by atoms with Crippen LogP contribution in [-0.2, 0) is 10.9 Å². The minimum absolute atomic E-state index is 0.0758. The summed E-state index contributed by atoms with van der Waals surface area (Å²) in [6.45, 7) is 0.265. The second-order valence-corrected chi connectivity index (χ2v) is 7.79. The lowest BCUT2D eigenvalue weighted by Crippen LogP contribution is -2.26. The average Bonchev–Trinajstić information content (AvgIpc) is 3.15. The van der Waals surface area contributed by atoms with Crippen molar-refractivity contribution in [3.05, 3.63) is 99.1 Å². The Balaban J connectivity index is 1.31. The summed E-state index contributed by atoms with van der Waals surface area (Å²) in [6, 6.07) is 18.1. The second-order valence-electron chi connectivity index (χ2n) is 7.79. The van der Waals surface area contributed by atoms with Gasteiger partial charge in [-0.1, -0.05) is 60.4 Å². The first-order valence-corrected chi connectivity index (χ1v) is 10.7. The van der Waals surface area contributed by atoms with Crippen LogP contribution in [0.25, 0.3) is 11.1 Å². The van der Waals surface area contributed by atoms with Crippen LogP contribution < -0.4 is 5.32 Å². The van der Waals surface area contributed by atoms with E-state index in [1.165, 1.54) is 0 Å². The van der Waals surface area contributed by atoms with E-state index < -0.39 is 28.4 Å². The van der Waals surface area contributed by atoms with Gasteiger partial charge in [0.25, 0.3) is 5.69 Å². The molecule has 1 N–H and O–H groups in total. The van der Waals surface area contributed by atoms with E-state index in [1.807, 2.05) is 48.5 Å². The van der Waals surface area contributed by atoms with Gasteiger partial charge in [0.05, 0.1) is 10.5 Å². The largest absolute Gasteiger partial charge is 0.449 e. The third-order valence-corrected chi connectivity index (χ3v) is 5.61. The summed E-state index contributed by atoms with van der Waals surface area (Å²) in [7, 11) is 0. The molecule has 0 fully saturated rings. The monoisotopic (exact) mass is 480 g/mol. The van der Waals surface area contributed by atoms with Crippen molar-refractivity contribution >= 4 is 11.8 Å². The number of nitrogens with one attached hydrogen (secondary N) is 1.